The third-order valence-corrected chi connectivity index (χ3v) is 6.07. The predicted octanol–water partition coefficient (Wildman–Crippen LogP) is 8.77. The molecule has 0 radical (unpaired) electrons. The zero-order valence-corrected chi connectivity index (χ0v) is 19.8. The maximum atomic E-state index is 9.42. The van der Waals surface area contributed by atoms with Gasteiger partial charge >= 0.3 is 0 Å². The Bertz CT molecular complexity index is 1380. The quantitative estimate of drug-likeness (QED) is 0.246. The van der Waals surface area contributed by atoms with E-state index < -0.39 is 0 Å². The third-order valence-electron chi connectivity index (χ3n) is 6.07. The Balaban J connectivity index is 1.29. The van der Waals surface area contributed by atoms with Crippen LogP contribution in [0.2, 0.25) is 0 Å². The molecule has 174 valence electrons. The van der Waals surface area contributed by atoms with Crippen molar-refractivity contribution in [2.24, 2.45) is 0 Å². The first kappa shape index (κ1) is 22.9. The highest BCUT2D eigenvalue weighted by Gasteiger charge is 2.02. The van der Waals surface area contributed by atoms with E-state index in [4.69, 9.17) is 0 Å². The van der Waals surface area contributed by atoms with Gasteiger partial charge in [0.15, 0.2) is 0 Å². The second kappa shape index (κ2) is 10.6. The van der Waals surface area contributed by atoms with Crippen LogP contribution < -0.4 is 0 Å². The van der Waals surface area contributed by atoms with Gasteiger partial charge in [0, 0.05) is 0 Å². The van der Waals surface area contributed by atoms with Gasteiger partial charge in [-0.25, -0.2) is 0 Å². The van der Waals surface area contributed by atoms with Crippen molar-refractivity contribution in [2.75, 3.05) is 0 Å². The SMILES string of the molecule is Oc1ccc(C=Cc2ccc(-c3cccc(-c4ccc(C=Cc5ccc(O)cc5)cc4)c3)cc2)cc1. The van der Waals surface area contributed by atoms with Crippen molar-refractivity contribution in [3.8, 4) is 33.8 Å². The number of phenols is 2. The normalized spacial score (nSPS) is 11.3. The van der Waals surface area contributed by atoms with E-state index in [9.17, 15) is 10.2 Å². The van der Waals surface area contributed by atoms with Crippen molar-refractivity contribution in [1.29, 1.82) is 0 Å². The van der Waals surface area contributed by atoms with Crippen molar-refractivity contribution < 1.29 is 10.2 Å². The maximum Gasteiger partial charge on any atom is 0.115 e. The van der Waals surface area contributed by atoms with Crippen LogP contribution in [0.3, 0.4) is 0 Å². The van der Waals surface area contributed by atoms with Gasteiger partial charge in [-0.1, -0.05) is 115 Å². The van der Waals surface area contributed by atoms with Gasteiger partial charge in [-0.15, -0.1) is 0 Å². The summed E-state index contributed by atoms with van der Waals surface area (Å²) in [5, 5.41) is 18.8. The highest BCUT2D eigenvalue weighted by atomic mass is 16.3. The fourth-order valence-corrected chi connectivity index (χ4v) is 4.01. The predicted molar refractivity (Wildman–Crippen MR) is 151 cm³/mol. The molecular weight excluding hydrogens is 440 g/mol. The lowest BCUT2D eigenvalue weighted by Gasteiger charge is -2.07. The summed E-state index contributed by atoms with van der Waals surface area (Å²) in [5.41, 5.74) is 9.05. The summed E-state index contributed by atoms with van der Waals surface area (Å²) >= 11 is 0. The minimum Gasteiger partial charge on any atom is -0.508 e. The summed E-state index contributed by atoms with van der Waals surface area (Å²) in [6.07, 6.45) is 8.23. The molecule has 0 unspecified atom stereocenters. The first-order valence-corrected chi connectivity index (χ1v) is 11.9. The number of phenolic OH excluding ortho intramolecular Hbond substituents is 2. The molecule has 0 spiro atoms. The standard InChI is InChI=1S/C34H26O2/c35-33-20-12-27(13-21-33)6-4-25-8-16-29(17-9-25)31-2-1-3-32(24-31)30-18-10-26(11-19-30)5-7-28-14-22-34(36)23-15-28/h1-24,35-36H. The molecule has 0 atom stereocenters. The molecule has 0 amide bonds. The summed E-state index contributed by atoms with van der Waals surface area (Å²) < 4.78 is 0. The lowest BCUT2D eigenvalue weighted by molar-refractivity contribution is 0.474. The highest BCUT2D eigenvalue weighted by molar-refractivity contribution is 5.77. The summed E-state index contributed by atoms with van der Waals surface area (Å²) in [7, 11) is 0. The lowest BCUT2D eigenvalue weighted by Crippen LogP contribution is -1.83. The zero-order chi connectivity index (χ0) is 24.7. The van der Waals surface area contributed by atoms with Gasteiger partial charge in [-0.05, 0) is 74.8 Å². The lowest BCUT2D eigenvalue weighted by atomic mass is 9.97. The second-order valence-electron chi connectivity index (χ2n) is 8.67. The van der Waals surface area contributed by atoms with Gasteiger partial charge in [0.2, 0.25) is 0 Å². The highest BCUT2D eigenvalue weighted by Crippen LogP contribution is 2.27. The number of hydrogen-bond donors (Lipinski definition) is 2. The first-order chi connectivity index (χ1) is 17.6. The molecule has 0 saturated heterocycles. The van der Waals surface area contributed by atoms with E-state index in [1.807, 2.05) is 36.4 Å². The molecule has 0 saturated carbocycles. The largest absolute Gasteiger partial charge is 0.508 e. The topological polar surface area (TPSA) is 40.5 Å². The van der Waals surface area contributed by atoms with Crippen molar-refractivity contribution in [3.63, 3.8) is 0 Å². The van der Waals surface area contributed by atoms with Gasteiger partial charge in [0.1, 0.15) is 11.5 Å². The fourth-order valence-electron chi connectivity index (χ4n) is 4.01. The molecule has 0 bridgehead atoms. The van der Waals surface area contributed by atoms with Gasteiger partial charge in [-0.3, -0.25) is 0 Å². The van der Waals surface area contributed by atoms with E-state index in [0.717, 1.165) is 22.3 Å². The molecule has 0 aromatic heterocycles. The summed E-state index contributed by atoms with van der Waals surface area (Å²) in [5.74, 6) is 0.550. The first-order valence-electron chi connectivity index (χ1n) is 11.9. The molecule has 0 aliphatic rings. The molecule has 0 aliphatic carbocycles. The van der Waals surface area contributed by atoms with Crippen LogP contribution in [0.4, 0.5) is 0 Å². The summed E-state index contributed by atoms with van der Waals surface area (Å²) in [6.45, 7) is 0. The van der Waals surface area contributed by atoms with E-state index >= 15 is 0 Å². The molecule has 0 heterocycles. The summed E-state index contributed by atoms with van der Waals surface area (Å²) in [4.78, 5) is 0. The Hall–Kier alpha value is -4.82. The van der Waals surface area contributed by atoms with E-state index in [1.54, 1.807) is 24.3 Å². The zero-order valence-electron chi connectivity index (χ0n) is 19.8. The van der Waals surface area contributed by atoms with E-state index in [-0.39, 0.29) is 11.5 Å². The van der Waals surface area contributed by atoms with Gasteiger partial charge in [-0.2, -0.15) is 0 Å². The average molecular weight is 467 g/mol. The molecule has 2 nitrogen and oxygen atoms in total. The van der Waals surface area contributed by atoms with Crippen molar-refractivity contribution >= 4 is 24.3 Å². The number of benzene rings is 5. The van der Waals surface area contributed by atoms with Crippen LogP contribution in [0.15, 0.2) is 121 Å². The van der Waals surface area contributed by atoms with Crippen LogP contribution in [0, 0.1) is 0 Å². The van der Waals surface area contributed by atoms with Crippen molar-refractivity contribution in [3.05, 3.63) is 144 Å². The Kier molecular flexibility index (Phi) is 6.77. The monoisotopic (exact) mass is 466 g/mol. The van der Waals surface area contributed by atoms with Gasteiger partial charge in [0.05, 0.1) is 0 Å². The van der Waals surface area contributed by atoms with E-state index in [0.29, 0.717) is 0 Å². The molecule has 5 aromatic rings. The molecule has 0 aliphatic heterocycles. The Morgan fingerprint density at radius 1 is 0.333 bits per heavy atom. The van der Waals surface area contributed by atoms with Crippen LogP contribution in [-0.4, -0.2) is 10.2 Å². The van der Waals surface area contributed by atoms with Crippen LogP contribution in [0.5, 0.6) is 11.5 Å². The molecule has 5 rings (SSSR count). The molecule has 5 aromatic carbocycles. The van der Waals surface area contributed by atoms with Crippen LogP contribution in [0.1, 0.15) is 22.3 Å². The van der Waals surface area contributed by atoms with E-state index in [1.165, 1.54) is 22.3 Å². The molecule has 2 N–H and O–H groups in total. The molecule has 0 fully saturated rings. The minimum atomic E-state index is 0.275. The third kappa shape index (κ3) is 5.81. The van der Waals surface area contributed by atoms with Gasteiger partial charge < -0.3 is 10.2 Å². The number of hydrogen-bond acceptors (Lipinski definition) is 2. The fraction of sp³-hybridized carbons (Fsp3) is 0. The Labute approximate surface area is 211 Å². The second-order valence-corrected chi connectivity index (χ2v) is 8.67. The average Bonchev–Trinajstić information content (AvgIpc) is 2.93. The maximum absolute atomic E-state index is 9.42. The van der Waals surface area contributed by atoms with Crippen LogP contribution >= 0.6 is 0 Å². The van der Waals surface area contributed by atoms with Crippen LogP contribution in [0.25, 0.3) is 46.6 Å². The Morgan fingerprint density at radius 3 is 0.972 bits per heavy atom. The number of aromatic hydroxyl groups is 2. The molecule has 36 heavy (non-hydrogen) atoms. The van der Waals surface area contributed by atoms with Crippen LogP contribution in [-0.2, 0) is 0 Å². The molecular formula is C34H26O2. The minimum absolute atomic E-state index is 0.275. The van der Waals surface area contributed by atoms with E-state index in [2.05, 4.69) is 84.9 Å². The van der Waals surface area contributed by atoms with Gasteiger partial charge in [0.25, 0.3) is 0 Å². The van der Waals surface area contributed by atoms with Crippen molar-refractivity contribution in [1.82, 2.24) is 0 Å². The van der Waals surface area contributed by atoms with Crippen molar-refractivity contribution in [2.45, 2.75) is 0 Å². The number of rotatable bonds is 6. The molecule has 2 heteroatoms. The Morgan fingerprint density at radius 2 is 0.639 bits per heavy atom. The smallest absolute Gasteiger partial charge is 0.115 e. The summed E-state index contributed by atoms with van der Waals surface area (Å²) in [6, 6.07) is 40.0.